The van der Waals surface area contributed by atoms with E-state index < -0.39 is 6.36 Å². The number of halogens is 3. The van der Waals surface area contributed by atoms with Crippen molar-refractivity contribution >= 4 is 0 Å². The Labute approximate surface area is 92.4 Å². The van der Waals surface area contributed by atoms with Crippen molar-refractivity contribution < 1.29 is 17.9 Å². The molecule has 0 fully saturated rings. The molecule has 1 N–H and O–H groups in total. The van der Waals surface area contributed by atoms with E-state index in [1.807, 2.05) is 14.0 Å². The monoisotopic (exact) mass is 233 g/mol. The minimum atomic E-state index is -4.63. The van der Waals surface area contributed by atoms with Crippen LogP contribution in [-0.2, 0) is 0 Å². The van der Waals surface area contributed by atoms with Crippen LogP contribution in [0.4, 0.5) is 13.2 Å². The summed E-state index contributed by atoms with van der Waals surface area (Å²) in [6, 6.07) is 6.06. The van der Waals surface area contributed by atoms with Gasteiger partial charge in [0.05, 0.1) is 0 Å². The molecular weight excluding hydrogens is 219 g/mol. The van der Waals surface area contributed by atoms with Crippen molar-refractivity contribution in [3.63, 3.8) is 0 Å². The van der Waals surface area contributed by atoms with E-state index in [9.17, 15) is 13.2 Å². The van der Waals surface area contributed by atoms with Gasteiger partial charge in [0.15, 0.2) is 0 Å². The van der Waals surface area contributed by atoms with Gasteiger partial charge in [0.2, 0.25) is 0 Å². The molecule has 1 aromatic rings. The number of hydrogen-bond acceptors (Lipinski definition) is 2. The highest BCUT2D eigenvalue weighted by atomic mass is 19.4. The molecule has 0 heterocycles. The van der Waals surface area contributed by atoms with Crippen LogP contribution in [0, 0.1) is 0 Å². The first-order valence-corrected chi connectivity index (χ1v) is 4.99. The van der Waals surface area contributed by atoms with Crippen LogP contribution in [0.1, 0.15) is 24.9 Å². The van der Waals surface area contributed by atoms with Crippen LogP contribution >= 0.6 is 0 Å². The van der Waals surface area contributed by atoms with Crippen LogP contribution in [-0.4, -0.2) is 13.4 Å². The molecule has 0 aromatic heterocycles. The van der Waals surface area contributed by atoms with Crippen molar-refractivity contribution in [3.8, 4) is 5.75 Å². The van der Waals surface area contributed by atoms with Gasteiger partial charge in [-0.15, -0.1) is 13.2 Å². The summed E-state index contributed by atoms with van der Waals surface area (Å²) in [5, 5.41) is 3.07. The smallest absolute Gasteiger partial charge is 0.406 e. The summed E-state index contributed by atoms with van der Waals surface area (Å²) in [6.45, 7) is 2.00. The molecule has 0 aliphatic rings. The van der Waals surface area contributed by atoms with Gasteiger partial charge in [-0.2, -0.15) is 0 Å². The quantitative estimate of drug-likeness (QED) is 0.861. The average Bonchev–Trinajstić information content (AvgIpc) is 2.20. The van der Waals surface area contributed by atoms with Gasteiger partial charge < -0.3 is 10.1 Å². The molecular formula is C11H14F3NO. The Kier molecular flexibility index (Phi) is 4.18. The Hall–Kier alpha value is -1.23. The maximum Gasteiger partial charge on any atom is 0.573 e. The second-order valence-corrected chi connectivity index (χ2v) is 3.37. The minimum Gasteiger partial charge on any atom is -0.406 e. The number of ether oxygens (including phenoxy) is 1. The van der Waals surface area contributed by atoms with Crippen molar-refractivity contribution in [2.24, 2.45) is 0 Å². The highest BCUT2D eigenvalue weighted by Gasteiger charge is 2.30. The van der Waals surface area contributed by atoms with Gasteiger partial charge in [0, 0.05) is 6.04 Å². The summed E-state index contributed by atoms with van der Waals surface area (Å²) in [4.78, 5) is 0. The number of benzene rings is 1. The Balaban J connectivity index is 2.75. The Morgan fingerprint density at radius 1 is 1.25 bits per heavy atom. The predicted octanol–water partition coefficient (Wildman–Crippen LogP) is 3.26. The van der Waals surface area contributed by atoms with Crippen LogP contribution in [0.2, 0.25) is 0 Å². The molecule has 2 nitrogen and oxygen atoms in total. The highest BCUT2D eigenvalue weighted by molar-refractivity contribution is 5.29. The van der Waals surface area contributed by atoms with E-state index in [0.29, 0.717) is 0 Å². The fraction of sp³-hybridized carbons (Fsp3) is 0.455. The molecule has 0 spiro atoms. The summed E-state index contributed by atoms with van der Waals surface area (Å²) >= 11 is 0. The van der Waals surface area contributed by atoms with E-state index in [0.717, 1.165) is 12.0 Å². The lowest BCUT2D eigenvalue weighted by atomic mass is 10.1. The minimum absolute atomic E-state index is 0.153. The molecule has 0 amide bonds. The Morgan fingerprint density at radius 3 is 2.19 bits per heavy atom. The topological polar surface area (TPSA) is 21.3 Å². The van der Waals surface area contributed by atoms with Gasteiger partial charge >= 0.3 is 6.36 Å². The predicted molar refractivity (Wildman–Crippen MR) is 55.2 cm³/mol. The van der Waals surface area contributed by atoms with Gasteiger partial charge in [-0.1, -0.05) is 19.1 Å². The highest BCUT2D eigenvalue weighted by Crippen LogP contribution is 2.24. The Bertz CT molecular complexity index is 317. The lowest BCUT2D eigenvalue weighted by Gasteiger charge is -2.15. The second-order valence-electron chi connectivity index (χ2n) is 3.37. The summed E-state index contributed by atoms with van der Waals surface area (Å²) in [7, 11) is 1.81. The van der Waals surface area contributed by atoms with E-state index in [2.05, 4.69) is 10.1 Å². The fourth-order valence-corrected chi connectivity index (χ4v) is 1.51. The van der Waals surface area contributed by atoms with Gasteiger partial charge in [0.1, 0.15) is 5.75 Å². The zero-order chi connectivity index (χ0) is 12.2. The molecule has 1 atom stereocenters. The van der Waals surface area contributed by atoms with E-state index in [4.69, 9.17) is 0 Å². The zero-order valence-corrected chi connectivity index (χ0v) is 9.14. The lowest BCUT2D eigenvalue weighted by molar-refractivity contribution is -0.274. The van der Waals surface area contributed by atoms with Crippen molar-refractivity contribution in [2.75, 3.05) is 7.05 Å². The third-order valence-electron chi connectivity index (χ3n) is 2.27. The average molecular weight is 233 g/mol. The maximum absolute atomic E-state index is 11.9. The summed E-state index contributed by atoms with van der Waals surface area (Å²) in [5.41, 5.74) is 0.944. The summed E-state index contributed by atoms with van der Waals surface area (Å²) in [5.74, 6) is -0.192. The van der Waals surface area contributed by atoms with Crippen molar-refractivity contribution in [1.82, 2.24) is 5.32 Å². The molecule has 1 unspecified atom stereocenters. The molecule has 0 radical (unpaired) electrons. The number of hydrogen-bond donors (Lipinski definition) is 1. The SMILES string of the molecule is CCC(NC)c1ccc(OC(F)(F)F)cc1. The molecule has 90 valence electrons. The lowest BCUT2D eigenvalue weighted by Crippen LogP contribution is -2.17. The maximum atomic E-state index is 11.9. The van der Waals surface area contributed by atoms with E-state index >= 15 is 0 Å². The molecule has 0 aliphatic heterocycles. The number of alkyl halides is 3. The zero-order valence-electron chi connectivity index (χ0n) is 9.14. The van der Waals surface area contributed by atoms with Crippen molar-refractivity contribution in [1.29, 1.82) is 0 Å². The number of nitrogens with one attached hydrogen (secondary N) is 1. The Morgan fingerprint density at radius 2 is 1.81 bits per heavy atom. The van der Waals surface area contributed by atoms with Crippen LogP contribution in [0.25, 0.3) is 0 Å². The summed E-state index contributed by atoms with van der Waals surface area (Å²) in [6.07, 6.45) is -3.76. The standard InChI is InChI=1S/C11H14F3NO/c1-3-10(15-2)8-4-6-9(7-5-8)16-11(12,13)14/h4-7,10,15H,3H2,1-2H3. The number of rotatable bonds is 4. The first kappa shape index (κ1) is 12.8. The molecule has 1 aromatic carbocycles. The van der Waals surface area contributed by atoms with Crippen LogP contribution in [0.15, 0.2) is 24.3 Å². The van der Waals surface area contributed by atoms with E-state index in [1.54, 1.807) is 12.1 Å². The first-order valence-electron chi connectivity index (χ1n) is 4.99. The summed E-state index contributed by atoms with van der Waals surface area (Å²) < 4.78 is 39.5. The largest absolute Gasteiger partial charge is 0.573 e. The molecule has 0 saturated heterocycles. The van der Waals surface area contributed by atoms with Crippen LogP contribution in [0.5, 0.6) is 5.75 Å². The van der Waals surface area contributed by atoms with E-state index in [1.165, 1.54) is 12.1 Å². The van der Waals surface area contributed by atoms with Gasteiger partial charge in [-0.25, -0.2) is 0 Å². The normalized spacial score (nSPS) is 13.6. The second kappa shape index (κ2) is 5.21. The molecule has 0 saturated carbocycles. The molecule has 5 heteroatoms. The van der Waals surface area contributed by atoms with Crippen molar-refractivity contribution in [2.45, 2.75) is 25.7 Å². The third-order valence-corrected chi connectivity index (χ3v) is 2.27. The van der Waals surface area contributed by atoms with Crippen LogP contribution < -0.4 is 10.1 Å². The third kappa shape index (κ3) is 3.73. The van der Waals surface area contributed by atoms with Gasteiger partial charge in [0.25, 0.3) is 0 Å². The fourth-order valence-electron chi connectivity index (χ4n) is 1.51. The first-order chi connectivity index (χ1) is 7.46. The van der Waals surface area contributed by atoms with Gasteiger partial charge in [-0.3, -0.25) is 0 Å². The molecule has 1 rings (SSSR count). The molecule has 16 heavy (non-hydrogen) atoms. The van der Waals surface area contributed by atoms with Crippen LogP contribution in [0.3, 0.4) is 0 Å². The van der Waals surface area contributed by atoms with Gasteiger partial charge in [-0.05, 0) is 31.2 Å². The molecule has 0 bridgehead atoms. The van der Waals surface area contributed by atoms with Crippen molar-refractivity contribution in [3.05, 3.63) is 29.8 Å². The van der Waals surface area contributed by atoms with E-state index in [-0.39, 0.29) is 11.8 Å². The molecule has 0 aliphatic carbocycles.